The van der Waals surface area contributed by atoms with E-state index < -0.39 is 10.0 Å². The summed E-state index contributed by atoms with van der Waals surface area (Å²) in [6.07, 6.45) is 1.27. The molecular formula is C14H16ClN3O2S. The highest BCUT2D eigenvalue weighted by atomic mass is 35.5. The Kier molecular flexibility index (Phi) is 4.39. The number of aryl methyl sites for hydroxylation is 2. The van der Waals surface area contributed by atoms with Gasteiger partial charge in [0.1, 0.15) is 10.7 Å². The van der Waals surface area contributed by atoms with Crippen LogP contribution in [0, 0.1) is 13.8 Å². The van der Waals surface area contributed by atoms with Gasteiger partial charge in [0.15, 0.2) is 0 Å². The minimum Gasteiger partial charge on any atom is -0.372 e. The van der Waals surface area contributed by atoms with Crippen LogP contribution in [0.25, 0.3) is 0 Å². The maximum Gasteiger partial charge on any atom is 0.263 e. The third-order valence-corrected chi connectivity index (χ3v) is 4.62. The van der Waals surface area contributed by atoms with Crippen molar-refractivity contribution in [3.63, 3.8) is 0 Å². The summed E-state index contributed by atoms with van der Waals surface area (Å²) in [6, 6.07) is 6.94. The van der Waals surface area contributed by atoms with Crippen molar-refractivity contribution in [1.29, 1.82) is 0 Å². The van der Waals surface area contributed by atoms with Crippen molar-refractivity contribution in [3.8, 4) is 0 Å². The molecule has 5 nitrogen and oxygen atoms in total. The standard InChI is InChI=1S/C14H16ClN3O2S/c1-9-4-5-10(2)13(6-9)18-21(19,20)11-7-12(15)14(16-3)17-8-11/h4-8,18H,1-3H3,(H,16,17). The van der Waals surface area contributed by atoms with Gasteiger partial charge in [-0.15, -0.1) is 0 Å². The number of hydrogen-bond donors (Lipinski definition) is 2. The van der Waals surface area contributed by atoms with Crippen molar-refractivity contribution < 1.29 is 8.42 Å². The van der Waals surface area contributed by atoms with Gasteiger partial charge < -0.3 is 5.32 Å². The van der Waals surface area contributed by atoms with E-state index in [0.29, 0.717) is 11.5 Å². The van der Waals surface area contributed by atoms with Crippen LogP contribution in [-0.2, 0) is 10.0 Å². The first kappa shape index (κ1) is 15.6. The highest BCUT2D eigenvalue weighted by Gasteiger charge is 2.17. The molecule has 2 rings (SSSR count). The van der Waals surface area contributed by atoms with Crippen LogP contribution in [0.1, 0.15) is 11.1 Å². The number of pyridine rings is 1. The molecule has 0 atom stereocenters. The van der Waals surface area contributed by atoms with Gasteiger partial charge in [0, 0.05) is 13.2 Å². The summed E-state index contributed by atoms with van der Waals surface area (Å²) in [5.74, 6) is 0.433. The Labute approximate surface area is 129 Å². The average molecular weight is 326 g/mol. The average Bonchev–Trinajstić information content (AvgIpc) is 2.42. The second kappa shape index (κ2) is 5.91. The summed E-state index contributed by atoms with van der Waals surface area (Å²) in [4.78, 5) is 4.00. The molecule has 0 saturated heterocycles. The monoisotopic (exact) mass is 325 g/mol. The van der Waals surface area contributed by atoms with E-state index in [1.807, 2.05) is 26.0 Å². The normalized spacial score (nSPS) is 11.2. The van der Waals surface area contributed by atoms with Crippen LogP contribution in [0.15, 0.2) is 35.4 Å². The lowest BCUT2D eigenvalue weighted by molar-refractivity contribution is 0.601. The Morgan fingerprint density at radius 3 is 2.52 bits per heavy atom. The summed E-state index contributed by atoms with van der Waals surface area (Å²) >= 11 is 5.98. The van der Waals surface area contributed by atoms with Gasteiger partial charge in [-0.25, -0.2) is 13.4 Å². The molecule has 0 saturated carbocycles. The number of nitrogens with zero attached hydrogens (tertiary/aromatic N) is 1. The van der Waals surface area contributed by atoms with Gasteiger partial charge in [-0.3, -0.25) is 4.72 Å². The van der Waals surface area contributed by atoms with E-state index >= 15 is 0 Å². The van der Waals surface area contributed by atoms with Gasteiger partial charge in [-0.2, -0.15) is 0 Å². The van der Waals surface area contributed by atoms with Crippen molar-refractivity contribution >= 4 is 33.1 Å². The maximum absolute atomic E-state index is 12.4. The number of sulfonamides is 1. The summed E-state index contributed by atoms with van der Waals surface area (Å²) in [5, 5.41) is 3.03. The summed E-state index contributed by atoms with van der Waals surface area (Å²) in [7, 11) is -2.06. The zero-order valence-electron chi connectivity index (χ0n) is 11.9. The Bertz CT molecular complexity index is 776. The molecule has 112 valence electrons. The van der Waals surface area contributed by atoms with Crippen LogP contribution in [0.3, 0.4) is 0 Å². The van der Waals surface area contributed by atoms with Gasteiger partial charge in [-0.05, 0) is 37.1 Å². The van der Waals surface area contributed by atoms with Crippen LogP contribution < -0.4 is 10.0 Å². The molecule has 0 aliphatic heterocycles. The van der Waals surface area contributed by atoms with E-state index in [1.165, 1.54) is 12.3 Å². The number of halogens is 1. The third kappa shape index (κ3) is 3.46. The number of aromatic nitrogens is 1. The first-order valence-electron chi connectivity index (χ1n) is 6.27. The second-order valence-electron chi connectivity index (χ2n) is 4.68. The molecule has 2 aromatic rings. The topological polar surface area (TPSA) is 71.1 Å². The predicted molar refractivity (Wildman–Crippen MR) is 85.5 cm³/mol. The minimum atomic E-state index is -3.72. The molecule has 1 heterocycles. The number of anilines is 2. The summed E-state index contributed by atoms with van der Waals surface area (Å²) in [6.45, 7) is 3.74. The number of rotatable bonds is 4. The predicted octanol–water partition coefficient (Wildman–Crippen LogP) is 3.19. The van der Waals surface area contributed by atoms with E-state index in [-0.39, 0.29) is 9.92 Å². The fraction of sp³-hybridized carbons (Fsp3) is 0.214. The summed E-state index contributed by atoms with van der Waals surface area (Å²) < 4.78 is 27.3. The van der Waals surface area contributed by atoms with E-state index in [0.717, 1.165) is 11.1 Å². The molecule has 0 unspecified atom stereocenters. The SMILES string of the molecule is CNc1ncc(S(=O)(=O)Nc2cc(C)ccc2C)cc1Cl. The number of nitrogens with one attached hydrogen (secondary N) is 2. The third-order valence-electron chi connectivity index (χ3n) is 3.00. The van der Waals surface area contributed by atoms with Gasteiger partial charge in [0.25, 0.3) is 10.0 Å². The van der Waals surface area contributed by atoms with Crippen LogP contribution in [-0.4, -0.2) is 20.4 Å². The number of benzene rings is 1. The molecule has 0 fully saturated rings. The molecule has 2 N–H and O–H groups in total. The van der Waals surface area contributed by atoms with Crippen molar-refractivity contribution in [2.75, 3.05) is 17.1 Å². The molecule has 0 aliphatic rings. The van der Waals surface area contributed by atoms with Gasteiger partial charge in [0.05, 0.1) is 10.7 Å². The maximum atomic E-state index is 12.4. The first-order chi connectivity index (χ1) is 9.83. The van der Waals surface area contributed by atoms with E-state index in [9.17, 15) is 8.42 Å². The van der Waals surface area contributed by atoms with Crippen LogP contribution in [0.5, 0.6) is 0 Å². The van der Waals surface area contributed by atoms with Crippen LogP contribution in [0.4, 0.5) is 11.5 Å². The summed E-state index contributed by atoms with van der Waals surface area (Å²) in [5.41, 5.74) is 2.36. The molecular weight excluding hydrogens is 310 g/mol. The molecule has 1 aromatic heterocycles. The van der Waals surface area contributed by atoms with Crippen molar-refractivity contribution in [1.82, 2.24) is 4.98 Å². The number of hydrogen-bond acceptors (Lipinski definition) is 4. The minimum absolute atomic E-state index is 0.0207. The lowest BCUT2D eigenvalue weighted by Crippen LogP contribution is -2.14. The van der Waals surface area contributed by atoms with Gasteiger partial charge in [-0.1, -0.05) is 23.7 Å². The van der Waals surface area contributed by atoms with Crippen molar-refractivity contribution in [3.05, 3.63) is 46.6 Å². The second-order valence-corrected chi connectivity index (χ2v) is 6.76. The Balaban J connectivity index is 2.38. The fourth-order valence-corrected chi connectivity index (χ4v) is 3.22. The quantitative estimate of drug-likeness (QED) is 0.905. The molecule has 0 radical (unpaired) electrons. The molecule has 1 aromatic carbocycles. The van der Waals surface area contributed by atoms with Crippen LogP contribution >= 0.6 is 11.6 Å². The van der Waals surface area contributed by atoms with Crippen LogP contribution in [0.2, 0.25) is 5.02 Å². The smallest absolute Gasteiger partial charge is 0.263 e. The van der Waals surface area contributed by atoms with Gasteiger partial charge >= 0.3 is 0 Å². The van der Waals surface area contributed by atoms with Crippen molar-refractivity contribution in [2.45, 2.75) is 18.7 Å². The zero-order valence-corrected chi connectivity index (χ0v) is 13.5. The molecule has 21 heavy (non-hydrogen) atoms. The van der Waals surface area contributed by atoms with Gasteiger partial charge in [0.2, 0.25) is 0 Å². The molecule has 7 heteroatoms. The lowest BCUT2D eigenvalue weighted by Gasteiger charge is -2.12. The van der Waals surface area contributed by atoms with E-state index in [2.05, 4.69) is 15.0 Å². The molecule has 0 aliphatic carbocycles. The largest absolute Gasteiger partial charge is 0.372 e. The Morgan fingerprint density at radius 1 is 1.19 bits per heavy atom. The lowest BCUT2D eigenvalue weighted by atomic mass is 10.1. The molecule has 0 bridgehead atoms. The highest BCUT2D eigenvalue weighted by Crippen LogP contribution is 2.25. The molecule has 0 spiro atoms. The Morgan fingerprint density at radius 2 is 1.90 bits per heavy atom. The Hall–Kier alpha value is -1.79. The fourth-order valence-electron chi connectivity index (χ4n) is 1.80. The van der Waals surface area contributed by atoms with Crippen molar-refractivity contribution in [2.24, 2.45) is 0 Å². The zero-order chi connectivity index (χ0) is 15.6. The first-order valence-corrected chi connectivity index (χ1v) is 8.13. The molecule has 0 amide bonds. The highest BCUT2D eigenvalue weighted by molar-refractivity contribution is 7.92. The van der Waals surface area contributed by atoms with E-state index in [4.69, 9.17) is 11.6 Å². The van der Waals surface area contributed by atoms with E-state index in [1.54, 1.807) is 13.1 Å².